The van der Waals surface area contributed by atoms with Crippen LogP contribution in [-0.2, 0) is 15.9 Å². The van der Waals surface area contributed by atoms with Crippen LogP contribution in [0.2, 0.25) is 0 Å². The number of rotatable bonds is 3. The summed E-state index contributed by atoms with van der Waals surface area (Å²) in [6.07, 6.45) is 2.87. The van der Waals surface area contributed by atoms with Gasteiger partial charge in [0.05, 0.1) is 0 Å². The number of nitrogens with one attached hydrogen (secondary N) is 2. The van der Waals surface area contributed by atoms with Crippen molar-refractivity contribution in [3.05, 3.63) is 0 Å². The second-order valence-corrected chi connectivity index (χ2v) is 4.34. The number of amides is 1. The summed E-state index contributed by atoms with van der Waals surface area (Å²) in [6.45, 7) is 1.88. The molecular weight excluding hydrogens is 204 g/mol. The fourth-order valence-corrected chi connectivity index (χ4v) is 1.85. The molecule has 1 fully saturated rings. The number of hydrogen-bond acceptors (Lipinski definition) is 3. The second-order valence-electron chi connectivity index (χ2n) is 3.41. The van der Waals surface area contributed by atoms with Crippen molar-refractivity contribution in [2.24, 2.45) is 0 Å². The zero-order chi connectivity index (χ0) is 10.4. The van der Waals surface area contributed by atoms with Crippen LogP contribution in [0.4, 0.5) is 0 Å². The van der Waals surface area contributed by atoms with Crippen molar-refractivity contribution >= 4 is 17.0 Å². The molecule has 0 saturated carbocycles. The third-order valence-electron chi connectivity index (χ3n) is 2.20. The van der Waals surface area contributed by atoms with E-state index in [1.165, 1.54) is 0 Å². The fraction of sp³-hybridized carbons (Fsp3) is 0.875. The van der Waals surface area contributed by atoms with Gasteiger partial charge in [-0.3, -0.25) is 4.79 Å². The van der Waals surface area contributed by atoms with Gasteiger partial charge in [0.2, 0.25) is 5.91 Å². The van der Waals surface area contributed by atoms with Gasteiger partial charge in [0.25, 0.3) is 0 Å². The molecule has 2 atom stereocenters. The van der Waals surface area contributed by atoms with E-state index in [-0.39, 0.29) is 17.7 Å². The predicted molar refractivity (Wildman–Crippen MR) is 54.3 cm³/mol. The molecule has 2 unspecified atom stereocenters. The van der Waals surface area contributed by atoms with Gasteiger partial charge in [0.15, 0.2) is 11.1 Å². The van der Waals surface area contributed by atoms with Crippen LogP contribution in [-0.4, -0.2) is 39.6 Å². The zero-order valence-corrected chi connectivity index (χ0v) is 8.81. The quantitative estimate of drug-likeness (QED) is 0.559. The molecule has 0 aliphatic carbocycles. The van der Waals surface area contributed by atoms with Crippen molar-refractivity contribution in [2.75, 3.05) is 18.8 Å². The molecule has 5 nitrogen and oxygen atoms in total. The highest BCUT2D eigenvalue weighted by Crippen LogP contribution is 2.04. The highest BCUT2D eigenvalue weighted by Gasteiger charge is 2.15. The van der Waals surface area contributed by atoms with Gasteiger partial charge >= 0.3 is 0 Å². The maximum atomic E-state index is 11.1. The average molecular weight is 220 g/mol. The van der Waals surface area contributed by atoms with E-state index in [1.54, 1.807) is 0 Å². The molecular formula is C8H16N2O3S. The summed E-state index contributed by atoms with van der Waals surface area (Å²) >= 11 is -2.03. The Labute approximate surface area is 85.9 Å². The van der Waals surface area contributed by atoms with E-state index < -0.39 is 11.1 Å². The van der Waals surface area contributed by atoms with Crippen LogP contribution in [0.15, 0.2) is 0 Å². The van der Waals surface area contributed by atoms with Gasteiger partial charge in [-0.25, -0.2) is 4.21 Å². The molecule has 1 aliphatic heterocycles. The molecule has 0 spiro atoms. The lowest BCUT2D eigenvalue weighted by atomic mass is 10.1. The minimum absolute atomic E-state index is 0.154. The first-order chi connectivity index (χ1) is 6.68. The van der Waals surface area contributed by atoms with Gasteiger partial charge in [0.1, 0.15) is 5.75 Å². The number of carbonyl (C=O) groups excluding carboxylic acids is 1. The van der Waals surface area contributed by atoms with Crippen LogP contribution in [0.1, 0.15) is 19.3 Å². The van der Waals surface area contributed by atoms with E-state index in [1.807, 2.05) is 0 Å². The maximum absolute atomic E-state index is 11.1. The monoisotopic (exact) mass is 220 g/mol. The van der Waals surface area contributed by atoms with E-state index in [0.29, 0.717) is 0 Å². The van der Waals surface area contributed by atoms with Gasteiger partial charge in [-0.05, 0) is 32.4 Å². The van der Waals surface area contributed by atoms with Gasteiger partial charge < -0.3 is 15.2 Å². The summed E-state index contributed by atoms with van der Waals surface area (Å²) in [5, 5.41) is 5.99. The minimum atomic E-state index is -2.03. The summed E-state index contributed by atoms with van der Waals surface area (Å²) in [5.41, 5.74) is 0. The molecule has 1 aliphatic rings. The third-order valence-corrected chi connectivity index (χ3v) is 2.70. The van der Waals surface area contributed by atoms with E-state index in [9.17, 15) is 9.00 Å². The first-order valence-corrected chi connectivity index (χ1v) is 6.03. The molecule has 0 aromatic rings. The number of carbonyl (C=O) groups is 1. The molecule has 0 bridgehead atoms. The number of hydrogen-bond donors (Lipinski definition) is 3. The van der Waals surface area contributed by atoms with E-state index in [2.05, 4.69) is 10.6 Å². The Morgan fingerprint density at radius 2 is 2.29 bits per heavy atom. The summed E-state index contributed by atoms with van der Waals surface area (Å²) in [5.74, 6) is -0.651. The molecule has 1 rings (SSSR count). The van der Waals surface area contributed by atoms with Crippen LogP contribution in [0, 0.1) is 0 Å². The SMILES string of the molecule is O=C(CS(=O)O)NC1CCCNCC1. The van der Waals surface area contributed by atoms with E-state index in [0.717, 1.165) is 32.4 Å². The Bertz CT molecular complexity index is 215. The van der Waals surface area contributed by atoms with Crippen LogP contribution in [0.3, 0.4) is 0 Å². The second kappa shape index (κ2) is 6.10. The van der Waals surface area contributed by atoms with Crippen molar-refractivity contribution in [1.29, 1.82) is 0 Å². The van der Waals surface area contributed by atoms with Gasteiger partial charge in [-0.15, -0.1) is 0 Å². The van der Waals surface area contributed by atoms with Crippen molar-refractivity contribution in [3.8, 4) is 0 Å². The lowest BCUT2D eigenvalue weighted by Gasteiger charge is -2.14. The van der Waals surface area contributed by atoms with Crippen molar-refractivity contribution < 1.29 is 13.6 Å². The lowest BCUT2D eigenvalue weighted by Crippen LogP contribution is -2.37. The Balaban J connectivity index is 2.27. The van der Waals surface area contributed by atoms with Gasteiger partial charge in [-0.1, -0.05) is 0 Å². The predicted octanol–water partition coefficient (Wildman–Crippen LogP) is -0.534. The van der Waals surface area contributed by atoms with Crippen molar-refractivity contribution in [1.82, 2.24) is 10.6 Å². The standard InChI is InChI=1S/C8H16N2O3S/c11-8(6-14(12)13)10-7-2-1-4-9-5-3-7/h7,9H,1-6H2,(H,10,11)(H,12,13). The summed E-state index contributed by atoms with van der Waals surface area (Å²) < 4.78 is 18.9. The Morgan fingerprint density at radius 3 is 3.00 bits per heavy atom. The highest BCUT2D eigenvalue weighted by atomic mass is 32.2. The lowest BCUT2D eigenvalue weighted by molar-refractivity contribution is -0.119. The summed E-state index contributed by atoms with van der Waals surface area (Å²) in [6, 6.07) is 0.154. The normalized spacial score (nSPS) is 25.1. The molecule has 0 aromatic heterocycles. The van der Waals surface area contributed by atoms with E-state index in [4.69, 9.17) is 4.55 Å². The molecule has 3 N–H and O–H groups in total. The molecule has 1 amide bonds. The Hall–Kier alpha value is -0.460. The summed E-state index contributed by atoms with van der Waals surface area (Å²) in [7, 11) is 0. The highest BCUT2D eigenvalue weighted by molar-refractivity contribution is 7.80. The van der Waals surface area contributed by atoms with Crippen LogP contribution in [0.5, 0.6) is 0 Å². The molecule has 0 aromatic carbocycles. The summed E-state index contributed by atoms with van der Waals surface area (Å²) in [4.78, 5) is 11.1. The van der Waals surface area contributed by atoms with Crippen molar-refractivity contribution in [2.45, 2.75) is 25.3 Å². The fourth-order valence-electron chi connectivity index (χ4n) is 1.54. The smallest absolute Gasteiger partial charge is 0.235 e. The largest absolute Gasteiger partial charge is 0.352 e. The first kappa shape index (κ1) is 11.6. The topological polar surface area (TPSA) is 78.4 Å². The molecule has 82 valence electrons. The van der Waals surface area contributed by atoms with Crippen molar-refractivity contribution in [3.63, 3.8) is 0 Å². The zero-order valence-electron chi connectivity index (χ0n) is 7.99. The van der Waals surface area contributed by atoms with Gasteiger partial charge in [0, 0.05) is 6.04 Å². The molecule has 1 heterocycles. The van der Waals surface area contributed by atoms with Gasteiger partial charge in [-0.2, -0.15) is 0 Å². The molecule has 6 heteroatoms. The van der Waals surface area contributed by atoms with Crippen LogP contribution in [0.25, 0.3) is 0 Å². The van der Waals surface area contributed by atoms with E-state index >= 15 is 0 Å². The maximum Gasteiger partial charge on any atom is 0.235 e. The Kier molecular flexibility index (Phi) is 5.06. The van der Waals surface area contributed by atoms with Crippen LogP contribution < -0.4 is 10.6 Å². The molecule has 14 heavy (non-hydrogen) atoms. The first-order valence-electron chi connectivity index (χ1n) is 4.76. The minimum Gasteiger partial charge on any atom is -0.352 e. The Morgan fingerprint density at radius 1 is 1.50 bits per heavy atom. The van der Waals surface area contributed by atoms with Crippen LogP contribution >= 0.6 is 0 Å². The molecule has 1 saturated heterocycles. The third kappa shape index (κ3) is 4.69. The average Bonchev–Trinajstić information content (AvgIpc) is 2.31. The molecule has 0 radical (unpaired) electrons.